The Hall–Kier alpha value is -0.0800. The second kappa shape index (κ2) is 3.94. The average molecular weight is 146 g/mol. The van der Waals surface area contributed by atoms with Crippen molar-refractivity contribution in [3.63, 3.8) is 0 Å². The van der Waals surface area contributed by atoms with Crippen LogP contribution in [-0.2, 0) is 0 Å². The van der Waals surface area contributed by atoms with E-state index in [-0.39, 0.29) is 6.61 Å². The van der Waals surface area contributed by atoms with Crippen molar-refractivity contribution in [2.45, 2.75) is 39.2 Å². The minimum absolute atomic E-state index is 0.142. The highest BCUT2D eigenvalue weighted by Crippen LogP contribution is 2.17. The highest BCUT2D eigenvalue weighted by atomic mass is 16.3. The van der Waals surface area contributed by atoms with E-state index < -0.39 is 5.60 Å². The third-order valence-corrected chi connectivity index (χ3v) is 1.83. The third-order valence-electron chi connectivity index (χ3n) is 1.83. The predicted octanol–water partition coefficient (Wildman–Crippen LogP) is 1.17. The molecule has 10 heavy (non-hydrogen) atoms. The Bertz CT molecular complexity index is 89.3. The SMILES string of the molecule is CCC(C)CC(C)(O)CO. The Morgan fingerprint density at radius 2 is 2.00 bits per heavy atom. The first-order valence-corrected chi connectivity index (χ1v) is 3.85. The van der Waals surface area contributed by atoms with Gasteiger partial charge in [0, 0.05) is 0 Å². The summed E-state index contributed by atoms with van der Waals surface area (Å²) in [4.78, 5) is 0. The van der Waals surface area contributed by atoms with E-state index in [1.54, 1.807) is 6.92 Å². The molecule has 0 aliphatic rings. The van der Waals surface area contributed by atoms with Crippen LogP contribution in [0.5, 0.6) is 0 Å². The molecule has 0 amide bonds. The molecule has 0 fully saturated rings. The molecule has 2 atom stereocenters. The number of hydrogen-bond acceptors (Lipinski definition) is 2. The Morgan fingerprint density at radius 3 is 2.30 bits per heavy atom. The summed E-state index contributed by atoms with van der Waals surface area (Å²) >= 11 is 0. The molecule has 2 heteroatoms. The summed E-state index contributed by atoms with van der Waals surface area (Å²) in [5.41, 5.74) is -0.880. The molecule has 0 aromatic carbocycles. The lowest BCUT2D eigenvalue weighted by Gasteiger charge is -2.23. The quantitative estimate of drug-likeness (QED) is 0.625. The number of hydrogen-bond donors (Lipinski definition) is 2. The maximum atomic E-state index is 9.37. The molecule has 0 radical (unpaired) electrons. The fourth-order valence-electron chi connectivity index (χ4n) is 0.960. The van der Waals surface area contributed by atoms with Gasteiger partial charge in [-0.3, -0.25) is 0 Å². The minimum Gasteiger partial charge on any atom is -0.393 e. The second-order valence-electron chi connectivity index (χ2n) is 3.37. The lowest BCUT2D eigenvalue weighted by atomic mass is 9.92. The molecule has 0 saturated carbocycles. The molecule has 2 nitrogen and oxygen atoms in total. The first kappa shape index (κ1) is 9.92. The van der Waals surface area contributed by atoms with E-state index in [0.717, 1.165) is 6.42 Å². The number of aliphatic hydroxyl groups is 2. The van der Waals surface area contributed by atoms with Gasteiger partial charge in [-0.15, -0.1) is 0 Å². The summed E-state index contributed by atoms with van der Waals surface area (Å²) < 4.78 is 0. The van der Waals surface area contributed by atoms with Crippen LogP contribution in [0.3, 0.4) is 0 Å². The van der Waals surface area contributed by atoms with Crippen molar-refractivity contribution in [2.75, 3.05) is 6.61 Å². The molecule has 0 aromatic rings. The van der Waals surface area contributed by atoms with Gasteiger partial charge in [-0.2, -0.15) is 0 Å². The minimum atomic E-state index is -0.880. The fraction of sp³-hybridized carbons (Fsp3) is 1.00. The van der Waals surface area contributed by atoms with Crippen molar-refractivity contribution in [3.8, 4) is 0 Å². The molecule has 0 spiro atoms. The van der Waals surface area contributed by atoms with Gasteiger partial charge in [0.25, 0.3) is 0 Å². The van der Waals surface area contributed by atoms with Crippen LogP contribution in [0.4, 0.5) is 0 Å². The summed E-state index contributed by atoms with van der Waals surface area (Å²) in [6.45, 7) is 5.68. The van der Waals surface area contributed by atoms with E-state index >= 15 is 0 Å². The van der Waals surface area contributed by atoms with Gasteiger partial charge in [0.2, 0.25) is 0 Å². The van der Waals surface area contributed by atoms with Gasteiger partial charge in [-0.25, -0.2) is 0 Å². The van der Waals surface area contributed by atoms with Crippen molar-refractivity contribution in [2.24, 2.45) is 5.92 Å². The molecular formula is C8H18O2. The molecule has 0 saturated heterocycles. The predicted molar refractivity (Wildman–Crippen MR) is 41.8 cm³/mol. The van der Waals surface area contributed by atoms with Crippen LogP contribution in [0.15, 0.2) is 0 Å². The first-order chi connectivity index (χ1) is 4.52. The number of rotatable bonds is 4. The van der Waals surface area contributed by atoms with Gasteiger partial charge in [-0.05, 0) is 19.3 Å². The highest BCUT2D eigenvalue weighted by Gasteiger charge is 2.20. The monoisotopic (exact) mass is 146 g/mol. The van der Waals surface area contributed by atoms with Crippen molar-refractivity contribution in [1.29, 1.82) is 0 Å². The van der Waals surface area contributed by atoms with Crippen LogP contribution in [0.1, 0.15) is 33.6 Å². The van der Waals surface area contributed by atoms with E-state index in [9.17, 15) is 5.11 Å². The fourth-order valence-corrected chi connectivity index (χ4v) is 0.960. The lowest BCUT2D eigenvalue weighted by molar-refractivity contribution is -0.0162. The van der Waals surface area contributed by atoms with E-state index in [0.29, 0.717) is 12.3 Å². The smallest absolute Gasteiger partial charge is 0.0852 e. The van der Waals surface area contributed by atoms with E-state index in [2.05, 4.69) is 13.8 Å². The van der Waals surface area contributed by atoms with Crippen LogP contribution in [0.2, 0.25) is 0 Å². The van der Waals surface area contributed by atoms with Crippen molar-refractivity contribution >= 4 is 0 Å². The zero-order valence-electron chi connectivity index (χ0n) is 7.09. The number of aliphatic hydroxyl groups excluding tert-OH is 1. The zero-order valence-corrected chi connectivity index (χ0v) is 7.09. The zero-order chi connectivity index (χ0) is 8.20. The maximum Gasteiger partial charge on any atom is 0.0852 e. The average Bonchev–Trinajstić information content (AvgIpc) is 1.87. The van der Waals surface area contributed by atoms with Gasteiger partial charge < -0.3 is 10.2 Å². The Morgan fingerprint density at radius 1 is 1.50 bits per heavy atom. The molecule has 0 heterocycles. The van der Waals surface area contributed by atoms with Crippen LogP contribution in [0, 0.1) is 5.92 Å². The summed E-state index contributed by atoms with van der Waals surface area (Å²) in [6, 6.07) is 0. The van der Waals surface area contributed by atoms with Gasteiger partial charge in [0.05, 0.1) is 12.2 Å². The molecule has 62 valence electrons. The van der Waals surface area contributed by atoms with Crippen molar-refractivity contribution < 1.29 is 10.2 Å². The topological polar surface area (TPSA) is 40.5 Å². The summed E-state index contributed by atoms with van der Waals surface area (Å²) in [5.74, 6) is 0.488. The van der Waals surface area contributed by atoms with Gasteiger partial charge in [-0.1, -0.05) is 20.3 Å². The normalized spacial score (nSPS) is 20.1. The molecular weight excluding hydrogens is 128 g/mol. The Kier molecular flexibility index (Phi) is 3.91. The molecule has 0 aliphatic heterocycles. The first-order valence-electron chi connectivity index (χ1n) is 3.85. The van der Waals surface area contributed by atoms with Crippen molar-refractivity contribution in [3.05, 3.63) is 0 Å². The molecule has 0 rings (SSSR count). The van der Waals surface area contributed by atoms with E-state index in [1.165, 1.54) is 0 Å². The largest absolute Gasteiger partial charge is 0.393 e. The third kappa shape index (κ3) is 3.85. The highest BCUT2D eigenvalue weighted by molar-refractivity contribution is 4.73. The molecule has 0 aromatic heterocycles. The van der Waals surface area contributed by atoms with E-state index in [4.69, 9.17) is 5.11 Å². The summed E-state index contributed by atoms with van der Waals surface area (Å²) in [6.07, 6.45) is 1.73. The van der Waals surface area contributed by atoms with Crippen molar-refractivity contribution in [1.82, 2.24) is 0 Å². The Balaban J connectivity index is 3.64. The van der Waals surface area contributed by atoms with Crippen LogP contribution >= 0.6 is 0 Å². The lowest BCUT2D eigenvalue weighted by Crippen LogP contribution is -2.30. The van der Waals surface area contributed by atoms with Crippen LogP contribution in [0.25, 0.3) is 0 Å². The van der Waals surface area contributed by atoms with Crippen LogP contribution < -0.4 is 0 Å². The molecule has 2 N–H and O–H groups in total. The van der Waals surface area contributed by atoms with Gasteiger partial charge in [0.15, 0.2) is 0 Å². The van der Waals surface area contributed by atoms with Gasteiger partial charge in [0.1, 0.15) is 0 Å². The molecule has 0 aliphatic carbocycles. The molecule has 0 bridgehead atoms. The summed E-state index contributed by atoms with van der Waals surface area (Å²) in [7, 11) is 0. The maximum absolute atomic E-state index is 9.37. The Labute approximate surface area is 62.9 Å². The summed E-state index contributed by atoms with van der Waals surface area (Å²) in [5, 5.41) is 18.1. The van der Waals surface area contributed by atoms with Gasteiger partial charge >= 0.3 is 0 Å². The standard InChI is InChI=1S/C8H18O2/c1-4-7(2)5-8(3,10)6-9/h7,9-10H,4-6H2,1-3H3. The van der Waals surface area contributed by atoms with Crippen LogP contribution in [-0.4, -0.2) is 22.4 Å². The second-order valence-corrected chi connectivity index (χ2v) is 3.37. The van der Waals surface area contributed by atoms with E-state index in [1.807, 2.05) is 0 Å². The molecule has 2 unspecified atom stereocenters.